The Morgan fingerprint density at radius 2 is 1.87 bits per heavy atom. The Morgan fingerprint density at radius 1 is 1.13 bits per heavy atom. The van der Waals surface area contributed by atoms with Crippen molar-refractivity contribution >= 4 is 46.0 Å². The van der Waals surface area contributed by atoms with E-state index in [9.17, 15) is 14.0 Å². The molecule has 0 aliphatic heterocycles. The van der Waals surface area contributed by atoms with E-state index in [-0.39, 0.29) is 17.4 Å². The zero-order chi connectivity index (χ0) is 21.5. The average molecular weight is 538 g/mol. The second-order valence-electron chi connectivity index (χ2n) is 6.49. The number of para-hydroxylation sites is 1. The van der Waals surface area contributed by atoms with Crippen molar-refractivity contribution in [2.24, 2.45) is 0 Å². The van der Waals surface area contributed by atoms with Gasteiger partial charge in [0.05, 0.1) is 11.4 Å². The van der Waals surface area contributed by atoms with Crippen LogP contribution in [0.5, 0.6) is 0 Å². The molecule has 1 amide bonds. The first-order valence-electron chi connectivity index (χ1n) is 9.31. The summed E-state index contributed by atoms with van der Waals surface area (Å²) < 4.78 is 17.2. The van der Waals surface area contributed by atoms with Crippen LogP contribution in [0.4, 0.5) is 4.39 Å². The Hall–Kier alpha value is -2.27. The molecule has 1 aromatic heterocycles. The van der Waals surface area contributed by atoms with Gasteiger partial charge in [0.15, 0.2) is 10.9 Å². The molecule has 0 saturated carbocycles. The lowest BCUT2D eigenvalue weighted by Gasteiger charge is -2.11. The van der Waals surface area contributed by atoms with Crippen LogP contribution in [-0.4, -0.2) is 38.8 Å². The van der Waals surface area contributed by atoms with Crippen LogP contribution in [0.3, 0.4) is 0 Å². The Bertz CT molecular complexity index is 1040. The number of thioether (sulfide) groups is 1. The van der Waals surface area contributed by atoms with Crippen molar-refractivity contribution < 1.29 is 14.0 Å². The number of aryl methyl sites for hydroxylation is 1. The SMILES string of the molecule is CC(=O)NCCCc1nnc(SCC(=O)c2ccc(I)cc2)n1-c1ccccc1F. The van der Waals surface area contributed by atoms with Gasteiger partial charge in [-0.05, 0) is 53.3 Å². The molecule has 6 nitrogen and oxygen atoms in total. The highest BCUT2D eigenvalue weighted by Crippen LogP contribution is 2.25. The minimum atomic E-state index is -0.397. The van der Waals surface area contributed by atoms with Gasteiger partial charge < -0.3 is 5.32 Å². The number of halogens is 2. The van der Waals surface area contributed by atoms with E-state index >= 15 is 0 Å². The van der Waals surface area contributed by atoms with Crippen molar-refractivity contribution in [3.05, 3.63) is 69.3 Å². The van der Waals surface area contributed by atoms with Gasteiger partial charge in [0.25, 0.3) is 0 Å². The highest BCUT2D eigenvalue weighted by Gasteiger charge is 2.18. The van der Waals surface area contributed by atoms with Gasteiger partial charge in [0, 0.05) is 29.0 Å². The van der Waals surface area contributed by atoms with Crippen LogP contribution < -0.4 is 5.32 Å². The van der Waals surface area contributed by atoms with Gasteiger partial charge in [-0.15, -0.1) is 10.2 Å². The van der Waals surface area contributed by atoms with Crippen LogP contribution >= 0.6 is 34.4 Å². The number of hydrogen-bond acceptors (Lipinski definition) is 5. The average Bonchev–Trinajstić information content (AvgIpc) is 3.12. The number of aromatic nitrogens is 3. The maximum atomic E-state index is 14.5. The molecule has 0 aliphatic carbocycles. The van der Waals surface area contributed by atoms with E-state index in [1.54, 1.807) is 34.9 Å². The van der Waals surface area contributed by atoms with E-state index in [4.69, 9.17) is 0 Å². The summed E-state index contributed by atoms with van der Waals surface area (Å²) in [6.07, 6.45) is 1.14. The van der Waals surface area contributed by atoms with E-state index in [2.05, 4.69) is 38.1 Å². The molecule has 0 saturated heterocycles. The number of benzene rings is 2. The van der Waals surface area contributed by atoms with Gasteiger partial charge in [-0.3, -0.25) is 14.2 Å². The summed E-state index contributed by atoms with van der Waals surface area (Å²) in [5, 5.41) is 11.6. The largest absolute Gasteiger partial charge is 0.356 e. The van der Waals surface area contributed by atoms with Crippen molar-refractivity contribution in [1.29, 1.82) is 0 Å². The van der Waals surface area contributed by atoms with Gasteiger partial charge in [-0.2, -0.15) is 0 Å². The predicted molar refractivity (Wildman–Crippen MR) is 123 cm³/mol. The molecule has 156 valence electrons. The molecule has 0 atom stereocenters. The number of nitrogens with zero attached hydrogens (tertiary/aromatic N) is 3. The zero-order valence-corrected chi connectivity index (χ0v) is 19.2. The van der Waals surface area contributed by atoms with Crippen LogP contribution in [-0.2, 0) is 11.2 Å². The minimum absolute atomic E-state index is 0.0355. The van der Waals surface area contributed by atoms with Crippen molar-refractivity contribution in [1.82, 2.24) is 20.1 Å². The third kappa shape index (κ3) is 5.88. The van der Waals surface area contributed by atoms with Gasteiger partial charge in [-0.1, -0.05) is 36.0 Å². The Morgan fingerprint density at radius 3 is 2.57 bits per heavy atom. The maximum absolute atomic E-state index is 14.5. The molecule has 0 aliphatic rings. The molecule has 1 heterocycles. The molecular formula is C21H20FIN4O2S. The van der Waals surface area contributed by atoms with E-state index in [0.717, 1.165) is 3.57 Å². The summed E-state index contributed by atoms with van der Waals surface area (Å²) in [7, 11) is 0. The molecule has 0 spiro atoms. The lowest BCUT2D eigenvalue weighted by Crippen LogP contribution is -2.21. The van der Waals surface area contributed by atoms with Gasteiger partial charge in [0.2, 0.25) is 5.91 Å². The first kappa shape index (κ1) is 22.4. The van der Waals surface area contributed by atoms with Gasteiger partial charge >= 0.3 is 0 Å². The van der Waals surface area contributed by atoms with Crippen LogP contribution in [0.2, 0.25) is 0 Å². The number of hydrogen-bond donors (Lipinski definition) is 1. The molecule has 30 heavy (non-hydrogen) atoms. The molecule has 0 unspecified atom stereocenters. The van der Waals surface area contributed by atoms with Crippen LogP contribution in [0.15, 0.2) is 53.7 Å². The number of carbonyl (C=O) groups is 2. The molecule has 0 fully saturated rings. The lowest BCUT2D eigenvalue weighted by molar-refractivity contribution is -0.118. The normalized spacial score (nSPS) is 10.8. The number of nitrogens with one attached hydrogen (secondary N) is 1. The highest BCUT2D eigenvalue weighted by molar-refractivity contribution is 14.1. The second-order valence-corrected chi connectivity index (χ2v) is 8.68. The smallest absolute Gasteiger partial charge is 0.216 e. The molecule has 9 heteroatoms. The zero-order valence-electron chi connectivity index (χ0n) is 16.3. The van der Waals surface area contributed by atoms with Crippen molar-refractivity contribution in [2.45, 2.75) is 24.9 Å². The van der Waals surface area contributed by atoms with Gasteiger partial charge in [-0.25, -0.2) is 4.39 Å². The third-order valence-electron chi connectivity index (χ3n) is 4.24. The fraction of sp³-hybridized carbons (Fsp3) is 0.238. The predicted octanol–water partition coefficient (Wildman–Crippen LogP) is 4.05. The molecule has 0 bridgehead atoms. The molecular weight excluding hydrogens is 518 g/mol. The molecule has 2 aromatic carbocycles. The fourth-order valence-corrected chi connectivity index (χ4v) is 4.01. The molecule has 0 radical (unpaired) electrons. The van der Waals surface area contributed by atoms with Crippen LogP contribution in [0.25, 0.3) is 5.69 Å². The lowest BCUT2D eigenvalue weighted by atomic mass is 10.2. The first-order valence-corrected chi connectivity index (χ1v) is 11.4. The maximum Gasteiger partial charge on any atom is 0.216 e. The van der Waals surface area contributed by atoms with Crippen molar-refractivity contribution in [2.75, 3.05) is 12.3 Å². The van der Waals surface area contributed by atoms with Crippen molar-refractivity contribution in [3.8, 4) is 5.69 Å². The Balaban J connectivity index is 1.79. The van der Waals surface area contributed by atoms with Crippen LogP contribution in [0.1, 0.15) is 29.5 Å². The van der Waals surface area contributed by atoms with E-state index in [1.165, 1.54) is 24.8 Å². The number of carbonyl (C=O) groups excluding carboxylic acids is 2. The van der Waals surface area contributed by atoms with E-state index in [0.29, 0.717) is 41.6 Å². The van der Waals surface area contributed by atoms with Crippen molar-refractivity contribution in [3.63, 3.8) is 0 Å². The Labute approximate surface area is 191 Å². The first-order chi connectivity index (χ1) is 14.5. The van der Waals surface area contributed by atoms with Gasteiger partial charge in [0.1, 0.15) is 11.6 Å². The number of Topliss-reactive ketones (excluding diaryl/α,β-unsaturated/α-hetero) is 1. The minimum Gasteiger partial charge on any atom is -0.356 e. The van der Waals surface area contributed by atoms with E-state index < -0.39 is 5.82 Å². The summed E-state index contributed by atoms with van der Waals surface area (Å²) in [6.45, 7) is 1.95. The summed E-state index contributed by atoms with van der Waals surface area (Å²) >= 11 is 3.41. The second kappa shape index (κ2) is 10.7. The summed E-state index contributed by atoms with van der Waals surface area (Å²) in [5.74, 6) is 0.211. The fourth-order valence-electron chi connectivity index (χ4n) is 2.79. The number of ketones is 1. The van der Waals surface area contributed by atoms with E-state index in [1.807, 2.05) is 12.1 Å². The monoisotopic (exact) mass is 538 g/mol. The van der Waals surface area contributed by atoms with Crippen LogP contribution in [0, 0.1) is 9.39 Å². The number of rotatable bonds is 9. The highest BCUT2D eigenvalue weighted by atomic mass is 127. The summed E-state index contributed by atoms with van der Waals surface area (Å²) in [5.41, 5.74) is 0.955. The topological polar surface area (TPSA) is 76.9 Å². The molecule has 3 aromatic rings. The quantitative estimate of drug-likeness (QED) is 0.193. The summed E-state index contributed by atoms with van der Waals surface area (Å²) in [6, 6.07) is 13.7. The number of amides is 1. The summed E-state index contributed by atoms with van der Waals surface area (Å²) in [4.78, 5) is 23.6. The third-order valence-corrected chi connectivity index (χ3v) is 5.89. The molecule has 1 N–H and O–H groups in total. The Kier molecular flexibility index (Phi) is 7.97. The molecule has 3 rings (SSSR count). The standard InChI is InChI=1S/C21H20FIN4O2S/c1-14(28)24-12-4-7-20-25-26-21(27(20)18-6-3-2-5-17(18)22)30-13-19(29)15-8-10-16(23)11-9-15/h2-3,5-6,8-11H,4,7,12-13H2,1H3,(H,24,28).